The second-order valence-electron chi connectivity index (χ2n) is 6.02. The molecule has 2 rings (SSSR count). The monoisotopic (exact) mass is 274 g/mol. The van der Waals surface area contributed by atoms with E-state index in [1.807, 2.05) is 26.2 Å². The van der Waals surface area contributed by atoms with Crippen molar-refractivity contribution in [2.75, 3.05) is 27.2 Å². The Hall–Kier alpha value is -1.35. The molecule has 1 N–H and O–H groups in total. The van der Waals surface area contributed by atoms with Crippen molar-refractivity contribution in [1.29, 1.82) is 0 Å². The van der Waals surface area contributed by atoms with E-state index in [0.717, 1.165) is 12.1 Å². The summed E-state index contributed by atoms with van der Waals surface area (Å²) in [5.74, 6) is 0.733. The van der Waals surface area contributed by atoms with Crippen molar-refractivity contribution >= 4 is 5.91 Å². The minimum atomic E-state index is 0.0297. The quantitative estimate of drug-likeness (QED) is 0.895. The maximum atomic E-state index is 12.0. The topological polar surface area (TPSA) is 32.3 Å². The van der Waals surface area contributed by atoms with Crippen LogP contribution in [-0.4, -0.2) is 38.0 Å². The van der Waals surface area contributed by atoms with Gasteiger partial charge in [0, 0.05) is 18.7 Å². The molecule has 20 heavy (non-hydrogen) atoms. The van der Waals surface area contributed by atoms with E-state index in [2.05, 4.69) is 22.3 Å². The van der Waals surface area contributed by atoms with Gasteiger partial charge in [0.1, 0.15) is 0 Å². The Morgan fingerprint density at radius 2 is 1.80 bits per heavy atom. The highest BCUT2D eigenvalue weighted by molar-refractivity contribution is 5.94. The number of amides is 1. The van der Waals surface area contributed by atoms with E-state index in [-0.39, 0.29) is 5.91 Å². The summed E-state index contributed by atoms with van der Waals surface area (Å²) in [6.45, 7) is 1.56. The second-order valence-corrected chi connectivity index (χ2v) is 6.02. The third-order valence-corrected chi connectivity index (χ3v) is 4.09. The van der Waals surface area contributed by atoms with Crippen molar-refractivity contribution < 1.29 is 4.79 Å². The average molecular weight is 274 g/mol. The van der Waals surface area contributed by atoms with Crippen LogP contribution in [0.3, 0.4) is 0 Å². The molecule has 0 aliphatic heterocycles. The molecule has 1 aromatic carbocycles. The van der Waals surface area contributed by atoms with Gasteiger partial charge in [0.25, 0.3) is 5.91 Å². The van der Waals surface area contributed by atoms with Crippen LogP contribution in [0.4, 0.5) is 0 Å². The van der Waals surface area contributed by atoms with Crippen LogP contribution in [0.5, 0.6) is 0 Å². The number of hydrogen-bond acceptors (Lipinski definition) is 2. The van der Waals surface area contributed by atoms with Crippen molar-refractivity contribution in [2.24, 2.45) is 0 Å². The van der Waals surface area contributed by atoms with E-state index in [4.69, 9.17) is 0 Å². The highest BCUT2D eigenvalue weighted by Crippen LogP contribution is 2.32. The first-order valence-corrected chi connectivity index (χ1v) is 7.69. The molecule has 0 unspecified atom stereocenters. The van der Waals surface area contributed by atoms with Crippen molar-refractivity contribution in [2.45, 2.75) is 38.0 Å². The molecule has 1 saturated carbocycles. The van der Waals surface area contributed by atoms with Crippen LogP contribution in [0, 0.1) is 0 Å². The highest BCUT2D eigenvalue weighted by atomic mass is 16.1. The summed E-state index contributed by atoms with van der Waals surface area (Å²) in [6, 6.07) is 8.21. The van der Waals surface area contributed by atoms with Gasteiger partial charge in [0.15, 0.2) is 0 Å². The van der Waals surface area contributed by atoms with Crippen molar-refractivity contribution in [3.63, 3.8) is 0 Å². The van der Waals surface area contributed by atoms with Crippen LogP contribution in [0.15, 0.2) is 24.3 Å². The van der Waals surface area contributed by atoms with Gasteiger partial charge < -0.3 is 10.2 Å². The molecule has 0 bridgehead atoms. The Kier molecular flexibility index (Phi) is 5.60. The van der Waals surface area contributed by atoms with Crippen LogP contribution in [0.2, 0.25) is 0 Å². The third-order valence-electron chi connectivity index (χ3n) is 4.09. The molecular formula is C17H26N2O. The number of nitrogens with zero attached hydrogens (tertiary/aromatic N) is 1. The molecule has 0 spiro atoms. The summed E-state index contributed by atoms with van der Waals surface area (Å²) in [5.41, 5.74) is 2.16. The molecule has 1 amide bonds. The molecule has 1 aliphatic carbocycles. The Labute approximate surface area is 122 Å². The summed E-state index contributed by atoms with van der Waals surface area (Å²) in [6.07, 6.45) is 6.67. The van der Waals surface area contributed by atoms with Gasteiger partial charge in [-0.1, -0.05) is 31.4 Å². The molecule has 0 atom stereocenters. The van der Waals surface area contributed by atoms with E-state index >= 15 is 0 Å². The zero-order valence-electron chi connectivity index (χ0n) is 12.7. The average Bonchev–Trinajstić information content (AvgIpc) is 2.48. The predicted octanol–water partition coefficient (Wildman–Crippen LogP) is 3.03. The molecule has 0 aromatic heterocycles. The molecule has 110 valence electrons. The Morgan fingerprint density at radius 3 is 2.40 bits per heavy atom. The first-order valence-electron chi connectivity index (χ1n) is 7.69. The van der Waals surface area contributed by atoms with Crippen molar-refractivity contribution in [3.8, 4) is 0 Å². The fraction of sp³-hybridized carbons (Fsp3) is 0.588. The number of nitrogens with one attached hydrogen (secondary N) is 1. The maximum Gasteiger partial charge on any atom is 0.251 e. The summed E-state index contributed by atoms with van der Waals surface area (Å²) >= 11 is 0. The van der Waals surface area contributed by atoms with Gasteiger partial charge in [-0.05, 0) is 50.6 Å². The summed E-state index contributed by atoms with van der Waals surface area (Å²) in [7, 11) is 4.01. The predicted molar refractivity (Wildman–Crippen MR) is 83.2 cm³/mol. The Bertz CT molecular complexity index is 419. The van der Waals surface area contributed by atoms with Crippen molar-refractivity contribution in [3.05, 3.63) is 35.4 Å². The van der Waals surface area contributed by atoms with E-state index in [1.54, 1.807) is 0 Å². The Balaban J connectivity index is 1.88. The Morgan fingerprint density at radius 1 is 1.15 bits per heavy atom. The lowest BCUT2D eigenvalue weighted by Gasteiger charge is -2.22. The molecule has 3 nitrogen and oxygen atoms in total. The third kappa shape index (κ3) is 4.34. The first-order chi connectivity index (χ1) is 9.66. The zero-order valence-corrected chi connectivity index (χ0v) is 12.7. The number of carbonyl (C=O) groups excluding carboxylic acids is 1. The van der Waals surface area contributed by atoms with E-state index in [0.29, 0.717) is 12.5 Å². The van der Waals surface area contributed by atoms with Crippen LogP contribution in [0.1, 0.15) is 53.9 Å². The van der Waals surface area contributed by atoms with Gasteiger partial charge >= 0.3 is 0 Å². The fourth-order valence-electron chi connectivity index (χ4n) is 2.84. The lowest BCUT2D eigenvalue weighted by atomic mass is 9.84. The minimum Gasteiger partial charge on any atom is -0.351 e. The molecule has 1 fully saturated rings. The first kappa shape index (κ1) is 15.0. The molecule has 0 heterocycles. The van der Waals surface area contributed by atoms with E-state index < -0.39 is 0 Å². The number of hydrogen-bond donors (Lipinski definition) is 1. The van der Waals surface area contributed by atoms with E-state index in [9.17, 15) is 4.79 Å². The van der Waals surface area contributed by atoms with Crippen LogP contribution in [0.25, 0.3) is 0 Å². The molecule has 1 aromatic rings. The summed E-state index contributed by atoms with van der Waals surface area (Å²) in [4.78, 5) is 14.0. The second kappa shape index (κ2) is 7.44. The minimum absolute atomic E-state index is 0.0297. The molecule has 0 radical (unpaired) electrons. The summed E-state index contributed by atoms with van der Waals surface area (Å²) < 4.78 is 0. The van der Waals surface area contributed by atoms with Gasteiger partial charge in [-0.25, -0.2) is 0 Å². The SMILES string of the molecule is CN(C)CCNC(=O)c1ccc(C2CCCCC2)cc1. The lowest BCUT2D eigenvalue weighted by molar-refractivity contribution is 0.0951. The highest BCUT2D eigenvalue weighted by Gasteiger charge is 2.15. The normalized spacial score (nSPS) is 16.4. The molecular weight excluding hydrogens is 248 g/mol. The van der Waals surface area contributed by atoms with Crippen LogP contribution < -0.4 is 5.32 Å². The smallest absolute Gasteiger partial charge is 0.251 e. The molecule has 0 saturated heterocycles. The molecule has 3 heteroatoms. The van der Waals surface area contributed by atoms with Crippen LogP contribution >= 0.6 is 0 Å². The van der Waals surface area contributed by atoms with E-state index in [1.165, 1.54) is 37.7 Å². The largest absolute Gasteiger partial charge is 0.351 e. The number of rotatable bonds is 5. The van der Waals surface area contributed by atoms with Gasteiger partial charge in [-0.3, -0.25) is 4.79 Å². The van der Waals surface area contributed by atoms with Gasteiger partial charge in [0.2, 0.25) is 0 Å². The van der Waals surface area contributed by atoms with Gasteiger partial charge in [-0.2, -0.15) is 0 Å². The standard InChI is InChI=1S/C17H26N2O/c1-19(2)13-12-18-17(20)16-10-8-15(9-11-16)14-6-4-3-5-7-14/h8-11,14H,3-7,12-13H2,1-2H3,(H,18,20). The number of carbonyl (C=O) groups is 1. The fourth-order valence-corrected chi connectivity index (χ4v) is 2.84. The zero-order chi connectivity index (χ0) is 14.4. The van der Waals surface area contributed by atoms with Crippen molar-refractivity contribution in [1.82, 2.24) is 10.2 Å². The van der Waals surface area contributed by atoms with Gasteiger partial charge in [-0.15, -0.1) is 0 Å². The lowest BCUT2D eigenvalue weighted by Crippen LogP contribution is -2.31. The summed E-state index contributed by atoms with van der Waals surface area (Å²) in [5, 5.41) is 2.95. The molecule has 1 aliphatic rings. The van der Waals surface area contributed by atoms with Gasteiger partial charge in [0.05, 0.1) is 0 Å². The maximum absolute atomic E-state index is 12.0. The number of likely N-dealkylation sites (N-methyl/N-ethyl adjacent to an activating group) is 1. The number of benzene rings is 1. The van der Waals surface area contributed by atoms with Crippen LogP contribution in [-0.2, 0) is 0 Å².